The summed E-state index contributed by atoms with van der Waals surface area (Å²) in [6.07, 6.45) is 0. The molecule has 3 rings (SSSR count). The predicted octanol–water partition coefficient (Wildman–Crippen LogP) is 2.72. The minimum absolute atomic E-state index is 0.0849. The van der Waals surface area contributed by atoms with Crippen molar-refractivity contribution in [2.45, 2.75) is 24.4 Å². The van der Waals surface area contributed by atoms with Crippen LogP contribution in [0.2, 0.25) is 0 Å². The first-order valence-electron chi connectivity index (χ1n) is 7.88. The summed E-state index contributed by atoms with van der Waals surface area (Å²) in [5.74, 6) is 0.642. The first-order chi connectivity index (χ1) is 11.4. The average Bonchev–Trinajstić information content (AvgIpc) is 2.73. The first-order valence-corrected chi connectivity index (χ1v) is 9.32. The third-order valence-electron chi connectivity index (χ3n) is 4.54. The molecule has 1 heterocycles. The van der Waals surface area contributed by atoms with Gasteiger partial charge in [0, 0.05) is 31.9 Å². The SMILES string of the molecule is COc1ccc(S(=O)(=O)N2Cc3ccccc3N(C)C(C)C2)cc1. The van der Waals surface area contributed by atoms with Crippen LogP contribution in [0.25, 0.3) is 0 Å². The fourth-order valence-electron chi connectivity index (χ4n) is 2.98. The number of sulfonamides is 1. The topological polar surface area (TPSA) is 49.9 Å². The van der Waals surface area contributed by atoms with Crippen LogP contribution in [0, 0.1) is 0 Å². The van der Waals surface area contributed by atoms with Crippen molar-refractivity contribution in [2.75, 3.05) is 25.6 Å². The average molecular weight is 346 g/mol. The molecule has 5 nitrogen and oxygen atoms in total. The highest BCUT2D eigenvalue weighted by atomic mass is 32.2. The number of hydrogen-bond donors (Lipinski definition) is 0. The summed E-state index contributed by atoms with van der Waals surface area (Å²) in [7, 11) is 0.0109. The molecule has 6 heteroatoms. The van der Waals surface area contributed by atoms with E-state index in [0.29, 0.717) is 18.8 Å². The van der Waals surface area contributed by atoms with Crippen LogP contribution in [0.3, 0.4) is 0 Å². The molecule has 0 saturated carbocycles. The molecular formula is C18H22N2O3S. The van der Waals surface area contributed by atoms with Crippen LogP contribution in [0.4, 0.5) is 5.69 Å². The van der Waals surface area contributed by atoms with Crippen molar-refractivity contribution < 1.29 is 13.2 Å². The van der Waals surface area contributed by atoms with Crippen LogP contribution < -0.4 is 9.64 Å². The molecule has 1 atom stereocenters. The highest BCUT2D eigenvalue weighted by Crippen LogP contribution is 2.30. The smallest absolute Gasteiger partial charge is 0.243 e. The van der Waals surface area contributed by atoms with Crippen molar-refractivity contribution in [3.05, 3.63) is 54.1 Å². The molecule has 2 aromatic rings. The van der Waals surface area contributed by atoms with Crippen molar-refractivity contribution >= 4 is 15.7 Å². The minimum Gasteiger partial charge on any atom is -0.497 e. The lowest BCUT2D eigenvalue weighted by Crippen LogP contribution is -2.40. The zero-order chi connectivity index (χ0) is 17.3. The Labute approximate surface area is 143 Å². The van der Waals surface area contributed by atoms with Crippen LogP contribution in [-0.2, 0) is 16.6 Å². The number of likely N-dealkylation sites (N-methyl/N-ethyl adjacent to an activating group) is 1. The molecule has 1 aliphatic heterocycles. The van der Waals surface area contributed by atoms with Gasteiger partial charge in [0.05, 0.1) is 12.0 Å². The number of fused-ring (bicyclic) bond motifs is 1. The minimum atomic E-state index is -3.56. The molecule has 128 valence electrons. The van der Waals surface area contributed by atoms with Crippen LogP contribution in [0.15, 0.2) is 53.4 Å². The monoisotopic (exact) mass is 346 g/mol. The van der Waals surface area contributed by atoms with Gasteiger partial charge in [-0.05, 0) is 42.8 Å². The van der Waals surface area contributed by atoms with Crippen LogP contribution >= 0.6 is 0 Å². The molecule has 0 spiro atoms. The molecule has 24 heavy (non-hydrogen) atoms. The highest BCUT2D eigenvalue weighted by molar-refractivity contribution is 7.89. The molecule has 2 aromatic carbocycles. The van der Waals surface area contributed by atoms with Crippen LogP contribution in [-0.4, -0.2) is 39.5 Å². The van der Waals surface area contributed by atoms with E-state index >= 15 is 0 Å². The van der Waals surface area contributed by atoms with E-state index in [0.717, 1.165) is 11.3 Å². The molecule has 0 aliphatic carbocycles. The number of benzene rings is 2. The first kappa shape index (κ1) is 16.8. The van der Waals surface area contributed by atoms with Crippen molar-refractivity contribution in [1.82, 2.24) is 4.31 Å². The van der Waals surface area contributed by atoms with Gasteiger partial charge in [0.25, 0.3) is 0 Å². The fourth-order valence-corrected chi connectivity index (χ4v) is 4.48. The van der Waals surface area contributed by atoms with Crippen molar-refractivity contribution in [3.63, 3.8) is 0 Å². The van der Waals surface area contributed by atoms with Gasteiger partial charge >= 0.3 is 0 Å². The third-order valence-corrected chi connectivity index (χ3v) is 6.37. The molecule has 0 N–H and O–H groups in total. The molecule has 0 fully saturated rings. The Hall–Kier alpha value is -2.05. The van der Waals surface area contributed by atoms with E-state index in [2.05, 4.69) is 4.90 Å². The van der Waals surface area contributed by atoms with Gasteiger partial charge < -0.3 is 9.64 Å². The zero-order valence-electron chi connectivity index (χ0n) is 14.1. The van der Waals surface area contributed by atoms with Gasteiger partial charge in [-0.1, -0.05) is 18.2 Å². The van der Waals surface area contributed by atoms with E-state index in [4.69, 9.17) is 4.74 Å². The summed E-state index contributed by atoms with van der Waals surface area (Å²) < 4.78 is 32.8. The summed E-state index contributed by atoms with van der Waals surface area (Å²) >= 11 is 0. The Morgan fingerprint density at radius 1 is 1.08 bits per heavy atom. The molecule has 1 unspecified atom stereocenters. The lowest BCUT2D eigenvalue weighted by molar-refractivity contribution is 0.392. The predicted molar refractivity (Wildman–Crippen MR) is 94.9 cm³/mol. The van der Waals surface area contributed by atoms with Gasteiger partial charge in [-0.15, -0.1) is 0 Å². The second kappa shape index (κ2) is 6.45. The summed E-state index contributed by atoms with van der Waals surface area (Å²) in [5, 5.41) is 0. The standard InChI is InChI=1S/C18H22N2O3S/c1-14-12-20(13-15-6-4-5-7-18(15)19(14)2)24(21,22)17-10-8-16(23-3)9-11-17/h4-11,14H,12-13H2,1-3H3. The van der Waals surface area contributed by atoms with Gasteiger partial charge in [0.2, 0.25) is 10.0 Å². The number of rotatable bonds is 3. The molecule has 0 aromatic heterocycles. The van der Waals surface area contributed by atoms with E-state index in [1.54, 1.807) is 35.7 Å². The Morgan fingerprint density at radius 3 is 2.42 bits per heavy atom. The number of nitrogens with zero attached hydrogens (tertiary/aromatic N) is 2. The summed E-state index contributed by atoms with van der Waals surface area (Å²) in [6, 6.07) is 14.6. The summed E-state index contributed by atoms with van der Waals surface area (Å²) in [4.78, 5) is 2.43. The number of hydrogen-bond acceptors (Lipinski definition) is 4. The van der Waals surface area contributed by atoms with Gasteiger partial charge in [-0.2, -0.15) is 4.31 Å². The van der Waals surface area contributed by atoms with E-state index in [9.17, 15) is 8.42 Å². The normalized spacial score (nSPS) is 18.8. The van der Waals surface area contributed by atoms with Crippen LogP contribution in [0.5, 0.6) is 5.75 Å². The fraction of sp³-hybridized carbons (Fsp3) is 0.333. The number of methoxy groups -OCH3 is 1. The molecular weight excluding hydrogens is 324 g/mol. The lowest BCUT2D eigenvalue weighted by Gasteiger charge is -2.27. The van der Waals surface area contributed by atoms with E-state index in [1.807, 2.05) is 38.2 Å². The largest absolute Gasteiger partial charge is 0.497 e. The Morgan fingerprint density at radius 2 is 1.75 bits per heavy atom. The zero-order valence-corrected chi connectivity index (χ0v) is 15.0. The van der Waals surface area contributed by atoms with E-state index < -0.39 is 10.0 Å². The van der Waals surface area contributed by atoms with Gasteiger partial charge in [-0.25, -0.2) is 8.42 Å². The van der Waals surface area contributed by atoms with E-state index in [1.165, 1.54) is 0 Å². The van der Waals surface area contributed by atoms with Crippen molar-refractivity contribution in [3.8, 4) is 5.75 Å². The quantitative estimate of drug-likeness (QED) is 0.857. The Bertz CT molecular complexity index is 818. The van der Waals surface area contributed by atoms with Crippen molar-refractivity contribution in [2.24, 2.45) is 0 Å². The van der Waals surface area contributed by atoms with Gasteiger partial charge in [-0.3, -0.25) is 0 Å². The lowest BCUT2D eigenvalue weighted by atomic mass is 10.1. The maximum absolute atomic E-state index is 13.1. The molecule has 0 amide bonds. The highest BCUT2D eigenvalue weighted by Gasteiger charge is 2.31. The number of anilines is 1. The maximum atomic E-state index is 13.1. The maximum Gasteiger partial charge on any atom is 0.243 e. The summed E-state index contributed by atoms with van der Waals surface area (Å²) in [5.41, 5.74) is 2.10. The van der Waals surface area contributed by atoms with Gasteiger partial charge in [0.15, 0.2) is 0 Å². The Kier molecular flexibility index (Phi) is 4.51. The second-order valence-electron chi connectivity index (χ2n) is 6.06. The van der Waals surface area contributed by atoms with Gasteiger partial charge in [0.1, 0.15) is 5.75 Å². The molecule has 0 bridgehead atoms. The molecule has 0 saturated heterocycles. The molecule has 1 aliphatic rings. The Balaban J connectivity index is 1.98. The number of para-hydroxylation sites is 1. The van der Waals surface area contributed by atoms with Crippen LogP contribution in [0.1, 0.15) is 12.5 Å². The second-order valence-corrected chi connectivity index (χ2v) is 8.00. The molecule has 0 radical (unpaired) electrons. The third kappa shape index (κ3) is 2.99. The summed E-state index contributed by atoms with van der Waals surface area (Å²) in [6.45, 7) is 2.86. The van der Waals surface area contributed by atoms with Crippen molar-refractivity contribution in [1.29, 1.82) is 0 Å². The van der Waals surface area contributed by atoms with E-state index in [-0.39, 0.29) is 10.9 Å². The number of ether oxygens (including phenoxy) is 1.